The molecule has 4 fully saturated rings. The Morgan fingerprint density at radius 3 is 2.22 bits per heavy atom. The van der Waals surface area contributed by atoms with E-state index in [1.54, 1.807) is 0 Å². The van der Waals surface area contributed by atoms with Crippen LogP contribution in [0.25, 0.3) is 0 Å². The van der Waals surface area contributed by atoms with Crippen molar-refractivity contribution < 1.29 is 33.4 Å². The molecule has 5 aliphatic carbocycles. The number of nitrogens with two attached hydrogens (primary N) is 1. The van der Waals surface area contributed by atoms with Gasteiger partial charge >= 0.3 is 17.9 Å². The Kier molecular flexibility index (Phi) is 8.49. The number of ether oxygens (including phenoxy) is 3. The molecule has 8 heteroatoms. The number of carbonyl (C=O) groups is 4. The predicted octanol–water partition coefficient (Wildman–Crippen LogP) is 6.33. The van der Waals surface area contributed by atoms with Crippen LogP contribution in [0, 0.1) is 50.2 Å². The molecule has 0 heterocycles. The van der Waals surface area contributed by atoms with Gasteiger partial charge in [-0.15, -0.1) is 0 Å². The lowest BCUT2D eigenvalue weighted by atomic mass is 9.33. The van der Waals surface area contributed by atoms with Gasteiger partial charge in [0.05, 0.1) is 19.6 Å². The second-order valence-electron chi connectivity index (χ2n) is 17.3. The summed E-state index contributed by atoms with van der Waals surface area (Å²) < 4.78 is 16.1. The van der Waals surface area contributed by atoms with Crippen molar-refractivity contribution in [1.82, 2.24) is 0 Å². The molecule has 5 aliphatic rings. The van der Waals surface area contributed by atoms with Crippen LogP contribution in [0.5, 0.6) is 0 Å². The number of esters is 3. The van der Waals surface area contributed by atoms with E-state index in [-0.39, 0.29) is 75.5 Å². The highest BCUT2D eigenvalue weighted by atomic mass is 16.5. The summed E-state index contributed by atoms with van der Waals surface area (Å²) in [5.41, 5.74) is 5.98. The molecule has 0 radical (unpaired) electrons. The van der Waals surface area contributed by atoms with Crippen LogP contribution in [0.1, 0.15) is 119 Å². The van der Waals surface area contributed by atoms with Crippen molar-refractivity contribution in [3.8, 4) is 0 Å². The highest BCUT2D eigenvalue weighted by Crippen LogP contribution is 2.75. The summed E-state index contributed by atoms with van der Waals surface area (Å²) >= 11 is 0. The number of hydrogen-bond acceptors (Lipinski definition) is 8. The molecule has 5 rings (SSSR count). The molecule has 0 saturated heterocycles. The van der Waals surface area contributed by atoms with Gasteiger partial charge in [-0.2, -0.15) is 0 Å². The van der Waals surface area contributed by atoms with Gasteiger partial charge in [-0.3, -0.25) is 19.2 Å². The van der Waals surface area contributed by atoms with Crippen LogP contribution >= 0.6 is 0 Å². The SMILES string of the molecule is COC(=O)CC[C@H](N)C(=O)O[C@H]1CC[C@]2(C)[C@H]3C(=O)C=C4[C@@H]5C[C@@](C)(C(=O)OC)CC[C@]5(C)CC[C@@]4(C)[C@]3(C)CC[C@H]2C1(C)C. The molecule has 4 saturated carbocycles. The maximum Gasteiger partial charge on any atom is 0.323 e. The Bertz CT molecular complexity index is 1290. The highest BCUT2D eigenvalue weighted by molar-refractivity contribution is 5.95. The van der Waals surface area contributed by atoms with E-state index in [1.807, 2.05) is 13.0 Å². The van der Waals surface area contributed by atoms with Gasteiger partial charge in [0.1, 0.15) is 12.1 Å². The van der Waals surface area contributed by atoms with E-state index in [0.29, 0.717) is 6.42 Å². The van der Waals surface area contributed by atoms with Crippen molar-refractivity contribution in [3.63, 3.8) is 0 Å². The van der Waals surface area contributed by atoms with E-state index in [4.69, 9.17) is 19.9 Å². The Hall–Kier alpha value is -2.22. The third-order valence-electron chi connectivity index (χ3n) is 14.6. The smallest absolute Gasteiger partial charge is 0.323 e. The van der Waals surface area contributed by atoms with E-state index >= 15 is 0 Å². The van der Waals surface area contributed by atoms with Crippen LogP contribution in [0.3, 0.4) is 0 Å². The lowest BCUT2D eigenvalue weighted by Crippen LogP contribution is -2.67. The highest BCUT2D eigenvalue weighted by Gasteiger charge is 2.70. The first-order chi connectivity index (χ1) is 20.8. The van der Waals surface area contributed by atoms with Crippen molar-refractivity contribution in [2.75, 3.05) is 14.2 Å². The average molecular weight is 628 g/mol. The van der Waals surface area contributed by atoms with Gasteiger partial charge < -0.3 is 19.9 Å². The number of hydrogen-bond donors (Lipinski definition) is 1. The van der Waals surface area contributed by atoms with Crippen LogP contribution in [0.15, 0.2) is 11.6 Å². The predicted molar refractivity (Wildman–Crippen MR) is 171 cm³/mol. The number of ketones is 1. The molecule has 2 N–H and O–H groups in total. The van der Waals surface area contributed by atoms with Crippen molar-refractivity contribution in [2.24, 2.45) is 56.0 Å². The zero-order chi connectivity index (χ0) is 33.4. The minimum absolute atomic E-state index is 0.0696. The summed E-state index contributed by atoms with van der Waals surface area (Å²) in [5.74, 6) is -0.541. The first kappa shape index (κ1) is 34.1. The van der Waals surface area contributed by atoms with Crippen LogP contribution in [0.2, 0.25) is 0 Å². The van der Waals surface area contributed by atoms with Crippen molar-refractivity contribution in [1.29, 1.82) is 0 Å². The number of allylic oxidation sites excluding steroid dienone is 2. The van der Waals surface area contributed by atoms with Gasteiger partial charge in [0.25, 0.3) is 0 Å². The standard InChI is InChI=1S/C37H57NO7/c1-32(2)26-12-15-37(7)29(35(26,5)14-13-27(32)45-30(41)24(38)10-11-28(40)43-8)25(39)20-22-23-21-34(4,31(42)44-9)17-16-33(23,3)18-19-36(22,37)6/h20,23-24,26-27,29H,10-19,21,38H2,1-9H3/t23-,24-,26-,27-,29+,33+,34-,35-,36+,37+/m0/s1. The van der Waals surface area contributed by atoms with Crippen molar-refractivity contribution in [2.45, 2.75) is 131 Å². The number of methoxy groups -OCH3 is 2. The minimum atomic E-state index is -0.885. The minimum Gasteiger partial charge on any atom is -0.469 e. The van der Waals surface area contributed by atoms with Crippen LogP contribution in [0.4, 0.5) is 0 Å². The van der Waals surface area contributed by atoms with Crippen LogP contribution in [-0.2, 0) is 33.4 Å². The summed E-state index contributed by atoms with van der Waals surface area (Å²) in [6.07, 6.45) is 9.98. The van der Waals surface area contributed by atoms with Gasteiger partial charge in [-0.05, 0) is 111 Å². The molecule has 0 amide bonds. The molecule has 45 heavy (non-hydrogen) atoms. The molecule has 0 aliphatic heterocycles. The zero-order valence-electron chi connectivity index (χ0n) is 29.2. The molecule has 0 bridgehead atoms. The molecule has 10 atom stereocenters. The lowest BCUT2D eigenvalue weighted by Gasteiger charge is -2.70. The van der Waals surface area contributed by atoms with E-state index in [0.717, 1.165) is 51.4 Å². The summed E-state index contributed by atoms with van der Waals surface area (Å²) in [4.78, 5) is 52.2. The van der Waals surface area contributed by atoms with Crippen LogP contribution < -0.4 is 5.73 Å². The maximum absolute atomic E-state index is 14.6. The molecule has 0 aromatic rings. The van der Waals surface area contributed by atoms with Gasteiger partial charge in [0, 0.05) is 17.8 Å². The molecule has 252 valence electrons. The molecule has 0 aromatic carbocycles. The topological polar surface area (TPSA) is 122 Å². The summed E-state index contributed by atoms with van der Waals surface area (Å²) in [6, 6.07) is -0.885. The van der Waals surface area contributed by atoms with E-state index in [2.05, 4.69) is 41.5 Å². The molecule has 0 unspecified atom stereocenters. The Morgan fingerprint density at radius 2 is 1.58 bits per heavy atom. The molecule has 0 spiro atoms. The van der Waals surface area contributed by atoms with Gasteiger partial charge in [0.15, 0.2) is 5.78 Å². The van der Waals surface area contributed by atoms with E-state index < -0.39 is 23.4 Å². The lowest BCUT2D eigenvalue weighted by molar-refractivity contribution is -0.211. The maximum atomic E-state index is 14.6. The average Bonchev–Trinajstić information content (AvgIpc) is 2.98. The van der Waals surface area contributed by atoms with Crippen molar-refractivity contribution >= 4 is 23.7 Å². The third kappa shape index (κ3) is 5.02. The Balaban J connectivity index is 1.44. The van der Waals surface area contributed by atoms with Gasteiger partial charge in [0.2, 0.25) is 0 Å². The number of rotatable bonds is 6. The van der Waals surface area contributed by atoms with Crippen molar-refractivity contribution in [3.05, 3.63) is 11.6 Å². The second-order valence-corrected chi connectivity index (χ2v) is 17.3. The summed E-state index contributed by atoms with van der Waals surface area (Å²) in [5, 5.41) is 0. The largest absolute Gasteiger partial charge is 0.469 e. The molecule has 8 nitrogen and oxygen atoms in total. The Labute approximate surface area is 269 Å². The van der Waals surface area contributed by atoms with E-state index in [9.17, 15) is 19.2 Å². The van der Waals surface area contributed by atoms with E-state index in [1.165, 1.54) is 19.8 Å². The van der Waals surface area contributed by atoms with Gasteiger partial charge in [-0.1, -0.05) is 47.1 Å². The first-order valence-electron chi connectivity index (χ1n) is 17.2. The molecular formula is C37H57NO7. The number of fused-ring (bicyclic) bond motifs is 7. The second kappa shape index (κ2) is 11.2. The van der Waals surface area contributed by atoms with Gasteiger partial charge in [-0.25, -0.2) is 0 Å². The summed E-state index contributed by atoms with van der Waals surface area (Å²) in [7, 11) is 2.80. The first-order valence-corrected chi connectivity index (χ1v) is 17.2. The fraction of sp³-hybridized carbons (Fsp3) is 0.838. The summed E-state index contributed by atoms with van der Waals surface area (Å²) in [6.45, 7) is 15.9. The Morgan fingerprint density at radius 1 is 0.911 bits per heavy atom. The normalized spacial score (nSPS) is 44.1. The number of carbonyl (C=O) groups excluding carboxylic acids is 4. The third-order valence-corrected chi connectivity index (χ3v) is 14.6. The fourth-order valence-corrected chi connectivity index (χ4v) is 11.5. The zero-order valence-corrected chi connectivity index (χ0v) is 29.2. The fourth-order valence-electron chi connectivity index (χ4n) is 11.5. The molecule has 0 aromatic heterocycles. The molecular weight excluding hydrogens is 570 g/mol. The quantitative estimate of drug-likeness (QED) is 0.268. The van der Waals surface area contributed by atoms with Crippen LogP contribution in [-0.4, -0.2) is 50.1 Å². The monoisotopic (exact) mass is 627 g/mol.